The largest absolute Gasteiger partial charge is 0.465 e. The van der Waals surface area contributed by atoms with E-state index < -0.39 is 0 Å². The first-order chi connectivity index (χ1) is 9.01. The Morgan fingerprint density at radius 2 is 1.95 bits per heavy atom. The van der Waals surface area contributed by atoms with Gasteiger partial charge in [-0.3, -0.25) is 0 Å². The third-order valence-corrected chi connectivity index (χ3v) is 4.73. The molecule has 0 amide bonds. The molecule has 1 N–H and O–H groups in total. The molecule has 0 aliphatic rings. The van der Waals surface area contributed by atoms with Gasteiger partial charge in [0.25, 0.3) is 0 Å². The number of hydrogen-bond donors (Lipinski definition) is 1. The Kier molecular flexibility index (Phi) is 4.99. The molecule has 0 saturated heterocycles. The summed E-state index contributed by atoms with van der Waals surface area (Å²) in [5.41, 5.74) is 0.842. The first kappa shape index (κ1) is 15.0. The quantitative estimate of drug-likeness (QED) is 0.644. The highest BCUT2D eigenvalue weighted by molar-refractivity contribution is 9.11. The number of ether oxygens (including phenoxy) is 1. The van der Waals surface area contributed by atoms with Crippen LogP contribution in [0.4, 0.5) is 10.8 Å². The monoisotopic (exact) mass is 468 g/mol. The summed E-state index contributed by atoms with van der Waals surface area (Å²) in [6.07, 6.45) is 1.49. The van der Waals surface area contributed by atoms with Crippen molar-refractivity contribution in [3.8, 4) is 0 Å². The molecule has 1 aromatic heterocycles. The van der Waals surface area contributed by atoms with Crippen LogP contribution in [-0.2, 0) is 4.74 Å². The van der Waals surface area contributed by atoms with Crippen LogP contribution in [0.1, 0.15) is 9.67 Å². The van der Waals surface area contributed by atoms with Crippen molar-refractivity contribution < 1.29 is 9.53 Å². The molecule has 0 spiro atoms. The van der Waals surface area contributed by atoms with Gasteiger partial charge in [-0.15, -0.1) is 0 Å². The third kappa shape index (κ3) is 3.56. The van der Waals surface area contributed by atoms with E-state index in [1.54, 1.807) is 0 Å². The number of esters is 1. The molecule has 100 valence electrons. The molecule has 4 nitrogen and oxygen atoms in total. The maximum absolute atomic E-state index is 11.4. The number of carbonyl (C=O) groups excluding carboxylic acids is 1. The second-order valence-corrected chi connectivity index (χ2v) is 7.05. The van der Waals surface area contributed by atoms with E-state index in [1.807, 2.05) is 12.1 Å². The number of benzene rings is 1. The van der Waals surface area contributed by atoms with Gasteiger partial charge in [0.05, 0.1) is 19.0 Å². The number of hydrogen-bond acceptors (Lipinski definition) is 5. The van der Waals surface area contributed by atoms with E-state index >= 15 is 0 Å². The minimum atomic E-state index is -0.389. The second-order valence-electron chi connectivity index (χ2n) is 3.39. The lowest BCUT2D eigenvalue weighted by Gasteiger charge is -2.08. The van der Waals surface area contributed by atoms with Gasteiger partial charge in [-0.25, -0.2) is 9.78 Å². The minimum absolute atomic E-state index is 0.389. The van der Waals surface area contributed by atoms with Gasteiger partial charge in [0.2, 0.25) is 0 Å². The second kappa shape index (κ2) is 6.34. The predicted molar refractivity (Wildman–Crippen MR) is 86.3 cm³/mol. The average Bonchev–Trinajstić information content (AvgIpc) is 2.81. The summed E-state index contributed by atoms with van der Waals surface area (Å²) >= 11 is 11.6. The van der Waals surface area contributed by atoms with Gasteiger partial charge >= 0.3 is 5.97 Å². The maximum Gasteiger partial charge on any atom is 0.349 e. The van der Waals surface area contributed by atoms with Crippen LogP contribution in [0.5, 0.6) is 0 Å². The fraction of sp³-hybridized carbons (Fsp3) is 0.0909. The first-order valence-electron chi connectivity index (χ1n) is 4.97. The van der Waals surface area contributed by atoms with Crippen LogP contribution in [0.3, 0.4) is 0 Å². The van der Waals surface area contributed by atoms with Gasteiger partial charge in [-0.05, 0) is 44.0 Å². The van der Waals surface area contributed by atoms with E-state index in [0.29, 0.717) is 10.0 Å². The molecule has 2 rings (SSSR count). The molecule has 1 heterocycles. The topological polar surface area (TPSA) is 51.2 Å². The number of halogens is 3. The van der Waals surface area contributed by atoms with Crippen LogP contribution in [0.15, 0.2) is 31.7 Å². The number of nitrogens with one attached hydrogen (secondary N) is 1. The predicted octanol–water partition coefficient (Wildman–Crippen LogP) is 4.96. The fourth-order valence-electron chi connectivity index (χ4n) is 1.30. The molecule has 0 bridgehead atoms. The van der Waals surface area contributed by atoms with Gasteiger partial charge in [0, 0.05) is 13.4 Å². The van der Waals surface area contributed by atoms with Crippen molar-refractivity contribution in [1.29, 1.82) is 0 Å². The number of rotatable bonds is 3. The minimum Gasteiger partial charge on any atom is -0.465 e. The highest BCUT2D eigenvalue weighted by Gasteiger charge is 2.13. The van der Waals surface area contributed by atoms with Crippen molar-refractivity contribution in [1.82, 2.24) is 4.98 Å². The summed E-state index contributed by atoms with van der Waals surface area (Å²) in [6.45, 7) is 0. The van der Waals surface area contributed by atoms with Gasteiger partial charge in [-0.2, -0.15) is 0 Å². The Labute approximate surface area is 139 Å². The zero-order chi connectivity index (χ0) is 14.0. The molecule has 0 aliphatic heterocycles. The van der Waals surface area contributed by atoms with E-state index in [9.17, 15) is 4.79 Å². The lowest BCUT2D eigenvalue weighted by Crippen LogP contribution is -1.96. The smallest absolute Gasteiger partial charge is 0.349 e. The summed E-state index contributed by atoms with van der Waals surface area (Å²) in [5.74, 6) is -0.389. The summed E-state index contributed by atoms with van der Waals surface area (Å²) in [4.78, 5) is 15.9. The standard InChI is InChI=1S/C11H7Br3N2O2S/c1-18-10(17)8-4-15-11(19-8)16-9-6(13)2-5(12)3-7(9)14/h2-4H,1H3,(H,15,16). The molecule has 2 aromatic rings. The van der Waals surface area contributed by atoms with Crippen molar-refractivity contribution in [3.63, 3.8) is 0 Å². The van der Waals surface area contributed by atoms with Crippen molar-refractivity contribution in [2.45, 2.75) is 0 Å². The lowest BCUT2D eigenvalue weighted by molar-refractivity contribution is 0.0606. The van der Waals surface area contributed by atoms with E-state index in [-0.39, 0.29) is 5.97 Å². The van der Waals surface area contributed by atoms with Crippen molar-refractivity contribution in [3.05, 3.63) is 36.6 Å². The van der Waals surface area contributed by atoms with Crippen LogP contribution >= 0.6 is 59.1 Å². The van der Waals surface area contributed by atoms with Gasteiger partial charge in [0.15, 0.2) is 5.13 Å². The molecule has 1 aromatic carbocycles. The van der Waals surface area contributed by atoms with Gasteiger partial charge < -0.3 is 10.1 Å². The van der Waals surface area contributed by atoms with Gasteiger partial charge in [-0.1, -0.05) is 27.3 Å². The SMILES string of the molecule is COC(=O)c1cnc(Nc2c(Br)cc(Br)cc2Br)s1. The number of carbonyl (C=O) groups is 1. The molecule has 0 saturated carbocycles. The third-order valence-electron chi connectivity index (χ3n) is 2.13. The molecule has 0 atom stereocenters. The highest BCUT2D eigenvalue weighted by atomic mass is 79.9. The number of aromatic nitrogens is 1. The van der Waals surface area contributed by atoms with Gasteiger partial charge in [0.1, 0.15) is 4.88 Å². The number of nitrogens with zero attached hydrogens (tertiary/aromatic N) is 1. The van der Waals surface area contributed by atoms with Crippen molar-refractivity contribution in [2.24, 2.45) is 0 Å². The fourth-order valence-corrected chi connectivity index (χ4v) is 4.49. The molecule has 19 heavy (non-hydrogen) atoms. The Hall–Kier alpha value is -0.440. The Morgan fingerprint density at radius 1 is 1.32 bits per heavy atom. The van der Waals surface area contributed by atoms with Crippen molar-refractivity contribution >= 4 is 75.9 Å². The van der Waals surface area contributed by atoms with E-state index in [4.69, 9.17) is 0 Å². The van der Waals surface area contributed by atoms with Crippen LogP contribution in [0, 0.1) is 0 Å². The Balaban J connectivity index is 2.27. The average molecular weight is 471 g/mol. The van der Waals surface area contributed by atoms with Crippen LogP contribution in [-0.4, -0.2) is 18.1 Å². The number of thiazole rings is 1. The van der Waals surface area contributed by atoms with E-state index in [0.717, 1.165) is 19.1 Å². The van der Waals surface area contributed by atoms with Crippen LogP contribution in [0.25, 0.3) is 0 Å². The molecular weight excluding hydrogens is 464 g/mol. The lowest BCUT2D eigenvalue weighted by atomic mass is 10.3. The Morgan fingerprint density at radius 3 is 2.53 bits per heavy atom. The molecule has 0 unspecified atom stereocenters. The molecule has 0 aliphatic carbocycles. The summed E-state index contributed by atoms with van der Waals surface area (Å²) < 4.78 is 7.35. The van der Waals surface area contributed by atoms with Crippen LogP contribution in [0.2, 0.25) is 0 Å². The zero-order valence-corrected chi connectivity index (χ0v) is 15.1. The Bertz CT molecular complexity index is 607. The molecule has 0 fully saturated rings. The molecular formula is C11H7Br3N2O2S. The van der Waals surface area contributed by atoms with E-state index in [1.165, 1.54) is 24.6 Å². The number of methoxy groups -OCH3 is 1. The zero-order valence-electron chi connectivity index (χ0n) is 9.54. The summed E-state index contributed by atoms with van der Waals surface area (Å²) in [5, 5.41) is 3.77. The normalized spacial score (nSPS) is 10.3. The molecule has 8 heteroatoms. The summed E-state index contributed by atoms with van der Waals surface area (Å²) in [6, 6.07) is 3.84. The maximum atomic E-state index is 11.4. The summed E-state index contributed by atoms with van der Waals surface area (Å²) in [7, 11) is 1.34. The number of anilines is 2. The van der Waals surface area contributed by atoms with Crippen LogP contribution < -0.4 is 5.32 Å². The first-order valence-corrected chi connectivity index (χ1v) is 8.16. The highest BCUT2D eigenvalue weighted by Crippen LogP contribution is 2.37. The van der Waals surface area contributed by atoms with E-state index in [2.05, 4.69) is 62.8 Å². The van der Waals surface area contributed by atoms with Crippen molar-refractivity contribution in [2.75, 3.05) is 12.4 Å². The molecule has 0 radical (unpaired) electrons.